The zero-order chi connectivity index (χ0) is 21.7. The highest BCUT2D eigenvalue weighted by molar-refractivity contribution is 5.91. The van der Waals surface area contributed by atoms with E-state index in [0.717, 1.165) is 5.56 Å². The van der Waals surface area contributed by atoms with Crippen LogP contribution in [0.2, 0.25) is 0 Å². The summed E-state index contributed by atoms with van der Waals surface area (Å²) in [4.78, 5) is 19.8. The Kier molecular flexibility index (Phi) is 6.36. The van der Waals surface area contributed by atoms with E-state index in [4.69, 9.17) is 10.5 Å². The highest BCUT2D eigenvalue weighted by Gasteiger charge is 2.31. The normalized spacial score (nSPS) is 12.4. The summed E-state index contributed by atoms with van der Waals surface area (Å²) in [6.07, 6.45) is -3.17. The van der Waals surface area contributed by atoms with E-state index in [0.29, 0.717) is 28.8 Å². The van der Waals surface area contributed by atoms with Gasteiger partial charge >= 0.3 is 12.3 Å². The summed E-state index contributed by atoms with van der Waals surface area (Å²) < 4.78 is 46.4. The van der Waals surface area contributed by atoms with Crippen LogP contribution in [0.1, 0.15) is 12.5 Å². The fourth-order valence-electron chi connectivity index (χ4n) is 2.78. The van der Waals surface area contributed by atoms with E-state index < -0.39 is 18.4 Å². The number of nitrogens with two attached hydrogens (primary N) is 1. The third-order valence-electron chi connectivity index (χ3n) is 4.10. The maximum absolute atomic E-state index is 12.5. The Balaban J connectivity index is 1.77. The van der Waals surface area contributed by atoms with Crippen molar-refractivity contribution in [2.45, 2.75) is 25.7 Å². The number of esters is 1. The van der Waals surface area contributed by atoms with Crippen molar-refractivity contribution in [1.82, 2.24) is 9.97 Å². The molecule has 0 radical (unpaired) electrons. The van der Waals surface area contributed by atoms with Gasteiger partial charge in [0.25, 0.3) is 0 Å². The van der Waals surface area contributed by atoms with Gasteiger partial charge in [-0.05, 0) is 49.2 Å². The zero-order valence-electron chi connectivity index (χ0n) is 15.9. The number of ether oxygens (including phenoxy) is 2. The number of carbonyl (C=O) groups excluding carboxylic acids is 1. The van der Waals surface area contributed by atoms with Crippen LogP contribution < -0.4 is 15.8 Å². The van der Waals surface area contributed by atoms with Crippen LogP contribution in [0.4, 0.5) is 24.7 Å². The molecule has 1 heterocycles. The number of fused-ring (bicyclic) bond motifs is 1. The van der Waals surface area contributed by atoms with Gasteiger partial charge in [0.05, 0.1) is 12.1 Å². The Morgan fingerprint density at radius 3 is 2.57 bits per heavy atom. The van der Waals surface area contributed by atoms with Crippen molar-refractivity contribution in [1.29, 1.82) is 0 Å². The number of benzene rings is 2. The minimum atomic E-state index is -4.79. The van der Waals surface area contributed by atoms with E-state index in [-0.39, 0.29) is 12.4 Å². The Morgan fingerprint density at radius 2 is 1.90 bits per heavy atom. The summed E-state index contributed by atoms with van der Waals surface area (Å²) in [5.41, 5.74) is 7.75. The van der Waals surface area contributed by atoms with Gasteiger partial charge in [0, 0.05) is 11.1 Å². The first-order valence-electron chi connectivity index (χ1n) is 9.04. The molecule has 3 N–H and O–H groups in total. The molecule has 0 aliphatic carbocycles. The second-order valence-electron chi connectivity index (χ2n) is 6.33. The van der Waals surface area contributed by atoms with E-state index in [1.54, 1.807) is 31.2 Å². The molecular weight excluding hydrogens is 401 g/mol. The predicted molar refractivity (Wildman–Crippen MR) is 104 cm³/mol. The number of hydrogen-bond acceptors (Lipinski definition) is 7. The summed E-state index contributed by atoms with van der Waals surface area (Å²) in [6.45, 7) is 1.97. The molecule has 0 saturated carbocycles. The molecule has 1 aromatic heterocycles. The summed E-state index contributed by atoms with van der Waals surface area (Å²) in [6, 6.07) is 10.1. The number of anilines is 2. The van der Waals surface area contributed by atoms with Crippen LogP contribution in [-0.2, 0) is 16.0 Å². The van der Waals surface area contributed by atoms with Crippen molar-refractivity contribution in [2.24, 2.45) is 5.73 Å². The summed E-state index contributed by atoms with van der Waals surface area (Å²) in [5.74, 6) is -0.510. The third-order valence-corrected chi connectivity index (χ3v) is 4.10. The monoisotopic (exact) mass is 420 g/mol. The molecule has 0 fully saturated rings. The smallest absolute Gasteiger partial charge is 0.465 e. The zero-order valence-corrected chi connectivity index (χ0v) is 15.9. The van der Waals surface area contributed by atoms with Gasteiger partial charge in [0.1, 0.15) is 23.9 Å². The number of nitrogens with one attached hydrogen (secondary N) is 1. The van der Waals surface area contributed by atoms with Gasteiger partial charge in [-0.3, -0.25) is 4.79 Å². The Labute approximate surface area is 170 Å². The molecule has 2 aromatic carbocycles. The lowest BCUT2D eigenvalue weighted by Gasteiger charge is -2.13. The fourth-order valence-corrected chi connectivity index (χ4v) is 2.78. The van der Waals surface area contributed by atoms with Crippen molar-refractivity contribution in [2.75, 3.05) is 11.9 Å². The number of halogens is 3. The first-order valence-corrected chi connectivity index (χ1v) is 9.04. The van der Waals surface area contributed by atoms with Crippen molar-refractivity contribution in [3.8, 4) is 5.75 Å². The topological polar surface area (TPSA) is 99.4 Å². The number of nitrogens with zero attached hydrogens (tertiary/aromatic N) is 2. The van der Waals surface area contributed by atoms with E-state index in [1.165, 1.54) is 24.5 Å². The number of carbonyl (C=O) groups is 1. The molecule has 30 heavy (non-hydrogen) atoms. The molecule has 3 aromatic rings. The Hall–Kier alpha value is -3.40. The quantitative estimate of drug-likeness (QED) is 0.562. The Morgan fingerprint density at radius 1 is 1.17 bits per heavy atom. The van der Waals surface area contributed by atoms with Crippen molar-refractivity contribution >= 4 is 28.4 Å². The molecule has 7 nitrogen and oxygen atoms in total. The largest absolute Gasteiger partial charge is 0.573 e. The SMILES string of the molecule is CCOC(=O)[C@@H](N)Cc1ccc(Nc2ncnc3ccc(OC(F)(F)F)cc23)cc1. The minimum Gasteiger partial charge on any atom is -0.465 e. The lowest BCUT2D eigenvalue weighted by Crippen LogP contribution is -2.34. The molecule has 3 rings (SSSR count). The fraction of sp³-hybridized carbons (Fsp3) is 0.250. The van der Waals surface area contributed by atoms with Crippen LogP contribution >= 0.6 is 0 Å². The molecule has 0 unspecified atom stereocenters. The maximum Gasteiger partial charge on any atom is 0.573 e. The second-order valence-corrected chi connectivity index (χ2v) is 6.33. The van der Waals surface area contributed by atoms with Crippen LogP contribution in [0, 0.1) is 0 Å². The molecular formula is C20H19F3N4O3. The van der Waals surface area contributed by atoms with Gasteiger partial charge in [0.2, 0.25) is 0 Å². The molecule has 0 aliphatic rings. The minimum absolute atomic E-state index is 0.262. The average molecular weight is 420 g/mol. The van der Waals surface area contributed by atoms with Crippen LogP contribution in [0.15, 0.2) is 48.8 Å². The van der Waals surface area contributed by atoms with Gasteiger partial charge in [-0.25, -0.2) is 9.97 Å². The van der Waals surface area contributed by atoms with Gasteiger partial charge in [-0.15, -0.1) is 13.2 Å². The second kappa shape index (κ2) is 8.95. The van der Waals surface area contributed by atoms with Crippen molar-refractivity contribution in [3.63, 3.8) is 0 Å². The molecule has 0 aliphatic heterocycles. The first kappa shape index (κ1) is 21.3. The summed E-state index contributed by atoms with van der Waals surface area (Å²) in [5, 5.41) is 3.42. The number of aromatic nitrogens is 2. The van der Waals surface area contributed by atoms with E-state index in [2.05, 4.69) is 20.0 Å². The lowest BCUT2D eigenvalue weighted by molar-refractivity contribution is -0.274. The van der Waals surface area contributed by atoms with Gasteiger partial charge in [-0.1, -0.05) is 12.1 Å². The van der Waals surface area contributed by atoms with E-state index >= 15 is 0 Å². The molecule has 0 saturated heterocycles. The van der Waals surface area contributed by atoms with Crippen LogP contribution in [0.3, 0.4) is 0 Å². The number of rotatable bonds is 7. The predicted octanol–water partition coefficient (Wildman–Crippen LogP) is 3.70. The van der Waals surface area contributed by atoms with Crippen molar-refractivity contribution < 1.29 is 27.4 Å². The summed E-state index contributed by atoms with van der Waals surface area (Å²) >= 11 is 0. The highest BCUT2D eigenvalue weighted by Crippen LogP contribution is 2.29. The van der Waals surface area contributed by atoms with Crippen LogP contribution in [-0.4, -0.2) is 34.9 Å². The van der Waals surface area contributed by atoms with Gasteiger partial charge < -0.3 is 20.5 Å². The first-order chi connectivity index (χ1) is 14.2. The average Bonchev–Trinajstić information content (AvgIpc) is 2.69. The lowest BCUT2D eigenvalue weighted by atomic mass is 10.1. The maximum atomic E-state index is 12.5. The molecule has 10 heteroatoms. The molecule has 0 spiro atoms. The van der Waals surface area contributed by atoms with Gasteiger partial charge in [-0.2, -0.15) is 0 Å². The third kappa shape index (κ3) is 5.57. The Bertz CT molecular complexity index is 1030. The van der Waals surface area contributed by atoms with Crippen molar-refractivity contribution in [3.05, 3.63) is 54.4 Å². The molecule has 1 atom stereocenters. The summed E-state index contributed by atoms with van der Waals surface area (Å²) in [7, 11) is 0. The number of hydrogen-bond donors (Lipinski definition) is 2. The number of alkyl halides is 3. The molecule has 0 amide bonds. The standard InChI is InChI=1S/C20H19F3N4O3/c1-2-29-19(28)16(24)9-12-3-5-13(6-4-12)27-18-15-10-14(30-20(21,22)23)7-8-17(15)25-11-26-18/h3-8,10-11,16H,2,9,24H2,1H3,(H,25,26,27)/t16-/m0/s1. The van der Waals surface area contributed by atoms with Crippen LogP contribution in [0.25, 0.3) is 10.9 Å². The van der Waals surface area contributed by atoms with Crippen LogP contribution in [0.5, 0.6) is 5.75 Å². The van der Waals surface area contributed by atoms with Gasteiger partial charge in [0.15, 0.2) is 0 Å². The van der Waals surface area contributed by atoms with E-state index in [9.17, 15) is 18.0 Å². The highest BCUT2D eigenvalue weighted by atomic mass is 19.4. The molecule has 158 valence electrons. The molecule has 0 bridgehead atoms. The van der Waals surface area contributed by atoms with E-state index in [1.807, 2.05) is 0 Å².